The minimum absolute atomic E-state index is 0.0164. The van der Waals surface area contributed by atoms with E-state index in [-0.39, 0.29) is 24.1 Å². The van der Waals surface area contributed by atoms with Crippen molar-refractivity contribution in [3.8, 4) is 0 Å². The molecule has 1 atom stereocenters. The predicted molar refractivity (Wildman–Crippen MR) is 108 cm³/mol. The first-order valence-corrected chi connectivity index (χ1v) is 9.67. The van der Waals surface area contributed by atoms with Crippen LogP contribution in [0.3, 0.4) is 0 Å². The highest BCUT2D eigenvalue weighted by Crippen LogP contribution is 2.37. The number of hydrogen-bond donors (Lipinski definition) is 3. The summed E-state index contributed by atoms with van der Waals surface area (Å²) in [4.78, 5) is 36.1. The Balaban J connectivity index is 1.61. The number of nitrogens with zero attached hydrogens (tertiary/aromatic N) is 3. The van der Waals surface area contributed by atoms with Gasteiger partial charge in [-0.25, -0.2) is 0 Å². The summed E-state index contributed by atoms with van der Waals surface area (Å²) in [5.41, 5.74) is 8.57. The third kappa shape index (κ3) is 3.49. The topological polar surface area (TPSA) is 113 Å². The predicted octanol–water partition coefficient (Wildman–Crippen LogP) is 2.29. The number of benzene rings is 1. The molecule has 146 valence electrons. The van der Waals surface area contributed by atoms with Crippen molar-refractivity contribution in [1.29, 1.82) is 0 Å². The number of anilines is 4. The molecule has 0 unspecified atom stereocenters. The first-order valence-electron chi connectivity index (χ1n) is 9.67. The average Bonchev–Trinajstić information content (AvgIpc) is 3.22. The first-order chi connectivity index (χ1) is 13.5. The smallest absolute Gasteiger partial charge is 0.232 e. The van der Waals surface area contributed by atoms with Crippen molar-refractivity contribution in [2.45, 2.75) is 38.5 Å². The van der Waals surface area contributed by atoms with Gasteiger partial charge >= 0.3 is 0 Å². The van der Waals surface area contributed by atoms with Gasteiger partial charge in [0, 0.05) is 25.2 Å². The molecule has 0 bridgehead atoms. The van der Waals surface area contributed by atoms with Gasteiger partial charge in [0.2, 0.25) is 17.8 Å². The number of aromatic nitrogens is 2. The van der Waals surface area contributed by atoms with Crippen molar-refractivity contribution >= 4 is 35.1 Å². The number of nitrogen functional groups attached to an aromatic ring is 1. The molecular weight excluding hydrogens is 356 g/mol. The van der Waals surface area contributed by atoms with Crippen LogP contribution in [0.5, 0.6) is 0 Å². The number of hydrogen-bond acceptors (Lipinski definition) is 6. The number of rotatable bonds is 4. The maximum absolute atomic E-state index is 12.9. The Morgan fingerprint density at radius 3 is 2.64 bits per heavy atom. The van der Waals surface area contributed by atoms with Crippen molar-refractivity contribution in [2.24, 2.45) is 0 Å². The molecule has 28 heavy (non-hydrogen) atoms. The molecule has 8 heteroatoms. The van der Waals surface area contributed by atoms with E-state index in [4.69, 9.17) is 5.73 Å². The molecule has 1 fully saturated rings. The van der Waals surface area contributed by atoms with Crippen LogP contribution >= 0.6 is 0 Å². The Hall–Kier alpha value is -3.16. The average molecular weight is 380 g/mol. The van der Waals surface area contributed by atoms with Crippen LogP contribution in [0.25, 0.3) is 0 Å². The van der Waals surface area contributed by atoms with Crippen LogP contribution in [-0.4, -0.2) is 34.9 Å². The molecular formula is C20H24N6O2. The zero-order valence-electron chi connectivity index (χ0n) is 15.9. The largest absolute Gasteiger partial charge is 0.383 e. The van der Waals surface area contributed by atoms with Gasteiger partial charge in [0.15, 0.2) is 0 Å². The van der Waals surface area contributed by atoms with Crippen LogP contribution in [0.1, 0.15) is 43.2 Å². The molecule has 4 rings (SSSR count). The van der Waals surface area contributed by atoms with Gasteiger partial charge in [0.1, 0.15) is 11.6 Å². The van der Waals surface area contributed by atoms with E-state index in [2.05, 4.69) is 27.5 Å². The third-order valence-corrected chi connectivity index (χ3v) is 5.29. The van der Waals surface area contributed by atoms with Crippen molar-refractivity contribution in [1.82, 2.24) is 9.97 Å². The Labute approximate surface area is 163 Å². The Kier molecular flexibility index (Phi) is 4.85. The van der Waals surface area contributed by atoms with Crippen molar-refractivity contribution < 1.29 is 9.59 Å². The van der Waals surface area contributed by atoms with E-state index in [1.807, 2.05) is 29.2 Å². The van der Waals surface area contributed by atoms with Crippen molar-refractivity contribution in [2.75, 3.05) is 34.4 Å². The molecule has 3 heterocycles. The molecule has 0 spiro atoms. The highest BCUT2D eigenvalue weighted by Gasteiger charge is 2.35. The highest BCUT2D eigenvalue weighted by atomic mass is 16.2. The van der Waals surface area contributed by atoms with E-state index < -0.39 is 5.92 Å². The minimum Gasteiger partial charge on any atom is -0.383 e. The first kappa shape index (κ1) is 18.2. The summed E-state index contributed by atoms with van der Waals surface area (Å²) in [7, 11) is 0. The number of amides is 2. The number of aryl methyl sites for hydroxylation is 1. The maximum Gasteiger partial charge on any atom is 0.232 e. The molecule has 2 aliphatic rings. The Bertz CT molecular complexity index is 906. The molecule has 2 aliphatic heterocycles. The van der Waals surface area contributed by atoms with Gasteiger partial charge in [-0.1, -0.05) is 19.1 Å². The second-order valence-corrected chi connectivity index (χ2v) is 7.21. The maximum atomic E-state index is 12.9. The molecule has 8 nitrogen and oxygen atoms in total. The summed E-state index contributed by atoms with van der Waals surface area (Å²) < 4.78 is 0. The SMILES string of the molecule is CCc1ccc(NC(=O)[C@H]2CC(=O)Nc3nc(N4CCCC4)nc(N)c32)cc1. The Morgan fingerprint density at radius 1 is 1.25 bits per heavy atom. The summed E-state index contributed by atoms with van der Waals surface area (Å²) in [5.74, 6) is -0.169. The lowest BCUT2D eigenvalue weighted by Crippen LogP contribution is -2.33. The number of carbonyl (C=O) groups is 2. The fourth-order valence-electron chi connectivity index (χ4n) is 3.72. The molecule has 1 aromatic carbocycles. The fourth-order valence-corrected chi connectivity index (χ4v) is 3.72. The minimum atomic E-state index is -0.720. The van der Waals surface area contributed by atoms with Gasteiger partial charge in [0.25, 0.3) is 0 Å². The van der Waals surface area contributed by atoms with E-state index in [0.29, 0.717) is 23.0 Å². The van der Waals surface area contributed by atoms with Gasteiger partial charge < -0.3 is 21.3 Å². The zero-order chi connectivity index (χ0) is 19.7. The van der Waals surface area contributed by atoms with E-state index >= 15 is 0 Å². The summed E-state index contributed by atoms with van der Waals surface area (Å²) in [6.45, 7) is 3.80. The monoisotopic (exact) mass is 380 g/mol. The lowest BCUT2D eigenvalue weighted by molar-refractivity contribution is -0.123. The Morgan fingerprint density at radius 2 is 1.96 bits per heavy atom. The van der Waals surface area contributed by atoms with Gasteiger partial charge in [-0.05, 0) is 37.0 Å². The van der Waals surface area contributed by atoms with E-state index in [1.165, 1.54) is 5.56 Å². The van der Waals surface area contributed by atoms with Crippen LogP contribution in [0.4, 0.5) is 23.3 Å². The van der Waals surface area contributed by atoms with Crippen molar-refractivity contribution in [3.05, 3.63) is 35.4 Å². The lowest BCUT2D eigenvalue weighted by Gasteiger charge is -2.26. The van der Waals surface area contributed by atoms with Gasteiger partial charge in [-0.3, -0.25) is 9.59 Å². The molecule has 1 aromatic heterocycles. The van der Waals surface area contributed by atoms with Crippen LogP contribution in [0, 0.1) is 0 Å². The van der Waals surface area contributed by atoms with E-state index in [0.717, 1.165) is 32.4 Å². The number of carbonyl (C=O) groups excluding carboxylic acids is 2. The number of nitrogens with two attached hydrogens (primary N) is 1. The summed E-state index contributed by atoms with van der Waals surface area (Å²) in [6.07, 6.45) is 3.10. The normalized spacial score (nSPS) is 18.5. The zero-order valence-corrected chi connectivity index (χ0v) is 15.9. The fraction of sp³-hybridized carbons (Fsp3) is 0.400. The number of nitrogens with one attached hydrogen (secondary N) is 2. The van der Waals surface area contributed by atoms with Crippen LogP contribution in [0.2, 0.25) is 0 Å². The van der Waals surface area contributed by atoms with Gasteiger partial charge in [-0.15, -0.1) is 0 Å². The molecule has 1 saturated heterocycles. The van der Waals surface area contributed by atoms with Crippen LogP contribution < -0.4 is 21.3 Å². The molecule has 2 amide bonds. The molecule has 0 saturated carbocycles. The van der Waals surface area contributed by atoms with E-state index in [1.54, 1.807) is 0 Å². The molecule has 0 aliphatic carbocycles. The second kappa shape index (κ2) is 7.46. The second-order valence-electron chi connectivity index (χ2n) is 7.21. The van der Waals surface area contributed by atoms with Gasteiger partial charge in [0.05, 0.1) is 11.5 Å². The summed E-state index contributed by atoms with van der Waals surface area (Å²) in [6, 6.07) is 7.65. The van der Waals surface area contributed by atoms with Crippen LogP contribution in [0.15, 0.2) is 24.3 Å². The molecule has 0 radical (unpaired) electrons. The summed E-state index contributed by atoms with van der Waals surface area (Å²) in [5, 5.41) is 5.63. The lowest BCUT2D eigenvalue weighted by atomic mass is 9.92. The van der Waals surface area contributed by atoms with Gasteiger partial charge in [-0.2, -0.15) is 9.97 Å². The standard InChI is InChI=1S/C20H24N6O2/c1-2-12-5-7-13(8-6-12)22-19(28)14-11-15(27)23-18-16(14)17(21)24-20(25-18)26-9-3-4-10-26/h5-8,14H,2-4,9-11H2,1H3,(H,22,28)(H3,21,23,24,25,27)/t14-/m0/s1. The third-order valence-electron chi connectivity index (χ3n) is 5.29. The van der Waals surface area contributed by atoms with Crippen molar-refractivity contribution in [3.63, 3.8) is 0 Å². The number of fused-ring (bicyclic) bond motifs is 1. The van der Waals surface area contributed by atoms with E-state index in [9.17, 15) is 9.59 Å². The highest BCUT2D eigenvalue weighted by molar-refractivity contribution is 6.05. The quantitative estimate of drug-likeness (QED) is 0.750. The van der Waals surface area contributed by atoms with Crippen LogP contribution in [-0.2, 0) is 16.0 Å². The molecule has 4 N–H and O–H groups in total. The molecule has 2 aromatic rings. The summed E-state index contributed by atoms with van der Waals surface area (Å²) >= 11 is 0.